The van der Waals surface area contributed by atoms with Gasteiger partial charge in [0.1, 0.15) is 0 Å². The Morgan fingerprint density at radius 3 is 2.74 bits per heavy atom. The predicted octanol–water partition coefficient (Wildman–Crippen LogP) is 5.03. The summed E-state index contributed by atoms with van der Waals surface area (Å²) in [6.45, 7) is 3.65. The Labute approximate surface area is 182 Å². The van der Waals surface area contributed by atoms with Crippen LogP contribution in [0.1, 0.15) is 34.5 Å². The molecule has 2 aromatic carbocycles. The van der Waals surface area contributed by atoms with Crippen molar-refractivity contribution in [3.63, 3.8) is 0 Å². The number of nitrogens with zero attached hydrogens (tertiary/aromatic N) is 3. The van der Waals surface area contributed by atoms with Gasteiger partial charge in [-0.15, -0.1) is 0 Å². The van der Waals surface area contributed by atoms with Crippen molar-refractivity contribution < 1.29 is 4.79 Å². The molecule has 0 unspecified atom stereocenters. The number of rotatable bonds is 4. The van der Waals surface area contributed by atoms with Gasteiger partial charge < -0.3 is 4.90 Å². The zero-order valence-electron chi connectivity index (χ0n) is 17.7. The Kier molecular flexibility index (Phi) is 5.24. The molecule has 1 amide bonds. The summed E-state index contributed by atoms with van der Waals surface area (Å²) < 4.78 is 0. The first-order chi connectivity index (χ1) is 15.2. The maximum Gasteiger partial charge on any atom is 0.253 e. The number of carbonyl (C=O) groups is 1. The molecule has 0 radical (unpaired) electrons. The van der Waals surface area contributed by atoms with Gasteiger partial charge in [-0.25, -0.2) is 0 Å². The molecule has 31 heavy (non-hydrogen) atoms. The third kappa shape index (κ3) is 4.22. The third-order valence-corrected chi connectivity index (χ3v) is 6.26. The zero-order valence-corrected chi connectivity index (χ0v) is 17.7. The third-order valence-electron chi connectivity index (χ3n) is 6.26. The number of amides is 1. The van der Waals surface area contributed by atoms with Crippen LogP contribution in [0.3, 0.4) is 0 Å². The van der Waals surface area contributed by atoms with Crippen molar-refractivity contribution in [3.8, 4) is 11.1 Å². The van der Waals surface area contributed by atoms with E-state index in [-0.39, 0.29) is 5.91 Å². The van der Waals surface area contributed by atoms with Crippen molar-refractivity contribution >= 4 is 16.8 Å². The molecule has 5 heteroatoms. The number of likely N-dealkylation sites (tertiary alicyclic amines) is 1. The molecule has 4 aromatic rings. The summed E-state index contributed by atoms with van der Waals surface area (Å²) in [6.07, 6.45) is 6.76. The fourth-order valence-electron chi connectivity index (χ4n) is 4.50. The highest BCUT2D eigenvalue weighted by atomic mass is 16.2. The minimum atomic E-state index is 0.121. The van der Waals surface area contributed by atoms with Crippen molar-refractivity contribution in [2.24, 2.45) is 5.92 Å². The molecule has 5 nitrogen and oxygen atoms in total. The van der Waals surface area contributed by atoms with Gasteiger partial charge in [-0.05, 0) is 73.6 Å². The Morgan fingerprint density at radius 1 is 1.06 bits per heavy atom. The first kappa shape index (κ1) is 19.5. The van der Waals surface area contributed by atoms with E-state index in [0.29, 0.717) is 5.92 Å². The van der Waals surface area contributed by atoms with E-state index in [1.54, 1.807) is 6.20 Å². The lowest BCUT2D eigenvalue weighted by Gasteiger charge is -2.32. The number of aromatic amines is 1. The highest BCUT2D eigenvalue weighted by Gasteiger charge is 2.24. The second kappa shape index (κ2) is 8.34. The molecule has 3 heterocycles. The molecule has 1 aliphatic heterocycles. The zero-order chi connectivity index (χ0) is 21.2. The van der Waals surface area contributed by atoms with Crippen molar-refractivity contribution in [1.29, 1.82) is 0 Å². The fourth-order valence-corrected chi connectivity index (χ4v) is 4.50. The van der Waals surface area contributed by atoms with Gasteiger partial charge in [0.25, 0.3) is 5.91 Å². The monoisotopic (exact) mass is 410 g/mol. The second-order valence-corrected chi connectivity index (χ2v) is 8.49. The number of nitrogens with one attached hydrogen (secondary N) is 1. The van der Waals surface area contributed by atoms with Gasteiger partial charge in [0, 0.05) is 41.5 Å². The number of hydrogen-bond donors (Lipinski definition) is 1. The summed E-state index contributed by atoms with van der Waals surface area (Å²) in [5, 5.41) is 8.03. The van der Waals surface area contributed by atoms with Crippen LogP contribution in [0.25, 0.3) is 22.0 Å². The van der Waals surface area contributed by atoms with E-state index >= 15 is 0 Å². The molecule has 0 spiro atoms. The lowest BCUT2D eigenvalue weighted by Crippen LogP contribution is -2.38. The van der Waals surface area contributed by atoms with E-state index in [0.717, 1.165) is 60.3 Å². The number of hydrogen-bond acceptors (Lipinski definition) is 3. The Bertz CT molecular complexity index is 1210. The second-order valence-electron chi connectivity index (χ2n) is 8.49. The summed E-state index contributed by atoms with van der Waals surface area (Å²) in [4.78, 5) is 19.6. The number of aryl methyl sites for hydroxylation is 1. The molecule has 1 aliphatic rings. The van der Waals surface area contributed by atoms with Crippen LogP contribution in [-0.2, 0) is 6.42 Å². The lowest BCUT2D eigenvalue weighted by molar-refractivity contribution is 0.0690. The standard InChI is InChI=1S/C26H26N4O/c1-18-5-7-22-14-20(6-8-25(22)29-18)13-19-9-11-30(12-10-19)26(31)23-4-2-3-21(15-23)24-16-27-28-17-24/h2-8,14-17,19H,9-13H2,1H3,(H,27,28). The summed E-state index contributed by atoms with van der Waals surface area (Å²) in [5.41, 5.74) is 6.21. The van der Waals surface area contributed by atoms with Gasteiger partial charge in [-0.1, -0.05) is 24.3 Å². The van der Waals surface area contributed by atoms with Gasteiger partial charge >= 0.3 is 0 Å². The SMILES string of the molecule is Cc1ccc2cc(CC3CCN(C(=O)c4cccc(-c5cn[nH]c5)c4)CC3)ccc2n1. The van der Waals surface area contributed by atoms with Gasteiger partial charge in [-0.2, -0.15) is 5.10 Å². The largest absolute Gasteiger partial charge is 0.339 e. The quantitative estimate of drug-likeness (QED) is 0.513. The molecular weight excluding hydrogens is 384 g/mol. The van der Waals surface area contributed by atoms with Crippen LogP contribution in [-0.4, -0.2) is 39.1 Å². The van der Waals surface area contributed by atoms with Gasteiger partial charge in [0.15, 0.2) is 0 Å². The average Bonchev–Trinajstić information content (AvgIpc) is 3.34. The molecule has 156 valence electrons. The molecule has 2 aromatic heterocycles. The van der Waals surface area contributed by atoms with Crippen molar-refractivity contribution in [2.45, 2.75) is 26.2 Å². The Morgan fingerprint density at radius 2 is 1.94 bits per heavy atom. The predicted molar refractivity (Wildman–Crippen MR) is 123 cm³/mol. The smallest absolute Gasteiger partial charge is 0.253 e. The number of H-pyrrole nitrogens is 1. The lowest BCUT2D eigenvalue weighted by atomic mass is 9.89. The van der Waals surface area contributed by atoms with Crippen LogP contribution in [0.15, 0.2) is 67.0 Å². The first-order valence-electron chi connectivity index (χ1n) is 10.9. The molecule has 0 aliphatic carbocycles. The molecule has 0 atom stereocenters. The molecule has 0 saturated carbocycles. The average molecular weight is 411 g/mol. The van der Waals surface area contributed by atoms with Crippen LogP contribution in [0.4, 0.5) is 0 Å². The van der Waals surface area contributed by atoms with Crippen LogP contribution < -0.4 is 0 Å². The normalized spacial score (nSPS) is 14.8. The topological polar surface area (TPSA) is 61.9 Å². The highest BCUT2D eigenvalue weighted by molar-refractivity contribution is 5.95. The maximum atomic E-state index is 13.1. The minimum Gasteiger partial charge on any atom is -0.339 e. The minimum absolute atomic E-state index is 0.121. The van der Waals surface area contributed by atoms with E-state index in [9.17, 15) is 4.79 Å². The van der Waals surface area contributed by atoms with Crippen molar-refractivity contribution in [1.82, 2.24) is 20.1 Å². The van der Waals surface area contributed by atoms with Crippen molar-refractivity contribution in [2.75, 3.05) is 13.1 Å². The molecule has 5 rings (SSSR count). The van der Waals surface area contributed by atoms with E-state index in [4.69, 9.17) is 0 Å². The van der Waals surface area contributed by atoms with E-state index in [2.05, 4.69) is 45.5 Å². The number of carbonyl (C=O) groups excluding carboxylic acids is 1. The number of pyridine rings is 1. The maximum absolute atomic E-state index is 13.1. The summed E-state index contributed by atoms with van der Waals surface area (Å²) >= 11 is 0. The number of piperidine rings is 1. The summed E-state index contributed by atoms with van der Waals surface area (Å²) in [6, 6.07) is 18.6. The Hall–Kier alpha value is -3.47. The Balaban J connectivity index is 1.22. The molecule has 0 bridgehead atoms. The highest BCUT2D eigenvalue weighted by Crippen LogP contribution is 2.26. The summed E-state index contributed by atoms with van der Waals surface area (Å²) in [5.74, 6) is 0.730. The van der Waals surface area contributed by atoms with Crippen LogP contribution in [0, 0.1) is 12.8 Å². The van der Waals surface area contributed by atoms with E-state index < -0.39 is 0 Å². The fraction of sp³-hybridized carbons (Fsp3) is 0.269. The van der Waals surface area contributed by atoms with Gasteiger partial charge in [0.05, 0.1) is 11.7 Å². The molecule has 1 N–H and O–H groups in total. The van der Waals surface area contributed by atoms with Gasteiger partial charge in [0.2, 0.25) is 0 Å². The van der Waals surface area contributed by atoms with Crippen LogP contribution in [0.5, 0.6) is 0 Å². The molecular formula is C26H26N4O. The molecule has 1 saturated heterocycles. The number of aromatic nitrogens is 3. The number of benzene rings is 2. The first-order valence-corrected chi connectivity index (χ1v) is 10.9. The molecule has 1 fully saturated rings. The van der Waals surface area contributed by atoms with Crippen LogP contribution in [0.2, 0.25) is 0 Å². The van der Waals surface area contributed by atoms with E-state index in [1.807, 2.05) is 42.3 Å². The number of fused-ring (bicyclic) bond motifs is 1. The summed E-state index contributed by atoms with van der Waals surface area (Å²) in [7, 11) is 0. The van der Waals surface area contributed by atoms with E-state index in [1.165, 1.54) is 10.9 Å². The van der Waals surface area contributed by atoms with Gasteiger partial charge in [-0.3, -0.25) is 14.9 Å². The van der Waals surface area contributed by atoms with Crippen molar-refractivity contribution in [3.05, 3.63) is 83.8 Å². The van der Waals surface area contributed by atoms with Crippen LogP contribution >= 0.6 is 0 Å².